The van der Waals surface area contributed by atoms with Crippen LogP contribution in [0.15, 0.2) is 41.3 Å². The Bertz CT molecular complexity index is 1110. The van der Waals surface area contributed by atoms with Gasteiger partial charge in [0.1, 0.15) is 5.39 Å². The van der Waals surface area contributed by atoms with Crippen LogP contribution in [0.4, 0.5) is 11.5 Å². The van der Waals surface area contributed by atoms with Gasteiger partial charge in [0.2, 0.25) is 0 Å². The molecule has 0 aliphatic heterocycles. The largest absolute Gasteiger partial charge is 0.338 e. The van der Waals surface area contributed by atoms with Gasteiger partial charge in [-0.15, -0.1) is 0 Å². The van der Waals surface area contributed by atoms with Crippen LogP contribution in [0.25, 0.3) is 10.9 Å². The maximum absolute atomic E-state index is 12.9. The molecule has 144 valence electrons. The Kier molecular flexibility index (Phi) is 4.88. The van der Waals surface area contributed by atoms with Crippen molar-refractivity contribution < 1.29 is 0 Å². The Morgan fingerprint density at radius 1 is 1.32 bits per heavy atom. The highest BCUT2D eigenvalue weighted by atomic mass is 16.1. The molecule has 1 aliphatic carbocycles. The second-order valence-electron chi connectivity index (χ2n) is 7.40. The van der Waals surface area contributed by atoms with Crippen molar-refractivity contribution in [2.45, 2.75) is 38.3 Å². The Morgan fingerprint density at radius 2 is 2.14 bits per heavy atom. The van der Waals surface area contributed by atoms with Crippen molar-refractivity contribution in [1.29, 1.82) is 5.26 Å². The molecule has 2 heterocycles. The number of hydrogen-bond donors (Lipinski definition) is 2. The van der Waals surface area contributed by atoms with E-state index >= 15 is 0 Å². The van der Waals surface area contributed by atoms with Crippen LogP contribution in [0.1, 0.15) is 37.3 Å². The smallest absolute Gasteiger partial charge is 0.263 e. The molecular formula is C21H24N6O. The van der Waals surface area contributed by atoms with Gasteiger partial charge in [0.05, 0.1) is 23.5 Å². The standard InChI is InChI=1S/C21H24N6O/c1-26-10-9-18-19(21(26)28)20(24-16-7-4-5-14(11-16)12-22)25-27(18)17-8-3-2-6-15(17)13-23/h4-5,7,9-11,15,17H,2-3,6,8,12,22H2,1H3,(H,24,25). The van der Waals surface area contributed by atoms with E-state index in [2.05, 4.69) is 11.4 Å². The zero-order chi connectivity index (χ0) is 19.7. The van der Waals surface area contributed by atoms with Crippen LogP contribution < -0.4 is 16.6 Å². The predicted molar refractivity (Wildman–Crippen MR) is 109 cm³/mol. The van der Waals surface area contributed by atoms with E-state index < -0.39 is 0 Å². The fourth-order valence-corrected chi connectivity index (χ4v) is 4.05. The van der Waals surface area contributed by atoms with Gasteiger partial charge in [-0.1, -0.05) is 25.0 Å². The van der Waals surface area contributed by atoms with Crippen LogP contribution >= 0.6 is 0 Å². The summed E-state index contributed by atoms with van der Waals surface area (Å²) in [7, 11) is 1.73. The van der Waals surface area contributed by atoms with Crippen LogP contribution in [0, 0.1) is 17.2 Å². The monoisotopic (exact) mass is 376 g/mol. The summed E-state index contributed by atoms with van der Waals surface area (Å²) in [4.78, 5) is 12.9. The lowest BCUT2D eigenvalue weighted by Crippen LogP contribution is -2.23. The zero-order valence-corrected chi connectivity index (χ0v) is 15.9. The molecule has 2 aromatic heterocycles. The quantitative estimate of drug-likeness (QED) is 0.728. The maximum atomic E-state index is 12.9. The van der Waals surface area contributed by atoms with E-state index in [-0.39, 0.29) is 17.5 Å². The lowest BCUT2D eigenvalue weighted by Gasteiger charge is -2.27. The third-order valence-corrected chi connectivity index (χ3v) is 5.57. The molecule has 0 bridgehead atoms. The van der Waals surface area contributed by atoms with Gasteiger partial charge in [-0.3, -0.25) is 9.48 Å². The Hall–Kier alpha value is -3.11. The Labute approximate surface area is 163 Å². The number of benzene rings is 1. The minimum Gasteiger partial charge on any atom is -0.338 e. The second-order valence-corrected chi connectivity index (χ2v) is 7.40. The van der Waals surface area contributed by atoms with E-state index in [0.717, 1.165) is 42.5 Å². The number of hydrogen-bond acceptors (Lipinski definition) is 5. The number of pyridine rings is 1. The molecule has 0 saturated heterocycles. The second kappa shape index (κ2) is 7.49. The third-order valence-electron chi connectivity index (χ3n) is 5.57. The van der Waals surface area contributed by atoms with E-state index in [0.29, 0.717) is 17.7 Å². The van der Waals surface area contributed by atoms with E-state index in [1.54, 1.807) is 17.8 Å². The third kappa shape index (κ3) is 3.16. The lowest BCUT2D eigenvalue weighted by atomic mass is 9.85. The van der Waals surface area contributed by atoms with Crippen molar-refractivity contribution in [3.8, 4) is 6.07 Å². The first-order chi connectivity index (χ1) is 13.6. The Balaban J connectivity index is 1.85. The topological polar surface area (TPSA) is 102 Å². The SMILES string of the molecule is Cn1ccc2c(c(Nc3cccc(CN)c3)nn2C2CCCCC2C#N)c1=O. The highest BCUT2D eigenvalue weighted by molar-refractivity contribution is 5.91. The number of nitrogens with one attached hydrogen (secondary N) is 1. The van der Waals surface area contributed by atoms with Gasteiger partial charge in [-0.25, -0.2) is 0 Å². The highest BCUT2D eigenvalue weighted by Gasteiger charge is 2.30. The molecule has 3 N–H and O–H groups in total. The highest BCUT2D eigenvalue weighted by Crippen LogP contribution is 2.36. The molecule has 0 spiro atoms. The van der Waals surface area contributed by atoms with Crippen molar-refractivity contribution in [2.24, 2.45) is 18.7 Å². The van der Waals surface area contributed by atoms with E-state index in [9.17, 15) is 10.1 Å². The first-order valence-electron chi connectivity index (χ1n) is 9.66. The average molecular weight is 376 g/mol. The maximum Gasteiger partial charge on any atom is 0.263 e. The number of aromatic nitrogens is 3. The molecule has 1 fully saturated rings. The summed E-state index contributed by atoms with van der Waals surface area (Å²) in [5, 5.41) is 18.2. The minimum absolute atomic E-state index is 0.0146. The predicted octanol–water partition coefficient (Wildman–Crippen LogP) is 3.19. The molecule has 2 unspecified atom stereocenters. The van der Waals surface area contributed by atoms with Crippen molar-refractivity contribution in [3.05, 3.63) is 52.4 Å². The first kappa shape index (κ1) is 18.3. The van der Waals surface area contributed by atoms with Crippen LogP contribution in [0.2, 0.25) is 0 Å². The molecule has 4 rings (SSSR count). The van der Waals surface area contributed by atoms with Gasteiger partial charge in [0, 0.05) is 25.5 Å². The molecule has 1 saturated carbocycles. The number of nitrogens with zero attached hydrogens (tertiary/aromatic N) is 4. The zero-order valence-electron chi connectivity index (χ0n) is 15.9. The molecule has 1 aliphatic rings. The summed E-state index contributed by atoms with van der Waals surface area (Å²) in [6.45, 7) is 0.443. The van der Waals surface area contributed by atoms with Gasteiger partial charge in [0.15, 0.2) is 5.82 Å². The van der Waals surface area contributed by atoms with Crippen LogP contribution in [0.3, 0.4) is 0 Å². The van der Waals surface area contributed by atoms with Gasteiger partial charge in [0.25, 0.3) is 5.56 Å². The number of fused-ring (bicyclic) bond motifs is 1. The first-order valence-corrected chi connectivity index (χ1v) is 9.66. The van der Waals surface area contributed by atoms with Crippen LogP contribution in [-0.2, 0) is 13.6 Å². The molecular weight excluding hydrogens is 352 g/mol. The van der Waals surface area contributed by atoms with Gasteiger partial charge < -0.3 is 15.6 Å². The lowest BCUT2D eigenvalue weighted by molar-refractivity contribution is 0.277. The normalized spacial score (nSPS) is 19.5. The number of anilines is 2. The molecule has 3 aromatic rings. The van der Waals surface area contributed by atoms with Gasteiger partial charge >= 0.3 is 0 Å². The van der Waals surface area contributed by atoms with E-state index in [1.165, 1.54) is 0 Å². The van der Waals surface area contributed by atoms with Crippen LogP contribution in [-0.4, -0.2) is 14.3 Å². The average Bonchev–Trinajstić information content (AvgIpc) is 3.09. The van der Waals surface area contributed by atoms with Crippen molar-refractivity contribution >= 4 is 22.4 Å². The van der Waals surface area contributed by atoms with Crippen molar-refractivity contribution in [1.82, 2.24) is 14.3 Å². The number of nitriles is 1. The summed E-state index contributed by atoms with van der Waals surface area (Å²) in [5.74, 6) is 0.432. The summed E-state index contributed by atoms with van der Waals surface area (Å²) in [6, 6.07) is 12.1. The van der Waals surface area contributed by atoms with E-state index in [1.807, 2.05) is 35.0 Å². The number of nitrogens with two attached hydrogens (primary N) is 1. The Morgan fingerprint density at radius 3 is 2.93 bits per heavy atom. The molecule has 2 atom stereocenters. The number of rotatable bonds is 4. The van der Waals surface area contributed by atoms with Crippen LogP contribution in [0.5, 0.6) is 0 Å². The van der Waals surface area contributed by atoms with Gasteiger partial charge in [-0.05, 0) is 36.6 Å². The molecule has 1 aromatic carbocycles. The van der Waals surface area contributed by atoms with Gasteiger partial charge in [-0.2, -0.15) is 10.4 Å². The van der Waals surface area contributed by atoms with Crippen molar-refractivity contribution in [2.75, 3.05) is 5.32 Å². The number of aryl methyl sites for hydroxylation is 1. The summed E-state index contributed by atoms with van der Waals surface area (Å²) >= 11 is 0. The molecule has 7 heteroatoms. The van der Waals surface area contributed by atoms with E-state index in [4.69, 9.17) is 10.8 Å². The minimum atomic E-state index is -0.106. The molecule has 28 heavy (non-hydrogen) atoms. The molecule has 0 radical (unpaired) electrons. The molecule has 0 amide bonds. The summed E-state index contributed by atoms with van der Waals surface area (Å²) in [6.07, 6.45) is 5.65. The summed E-state index contributed by atoms with van der Waals surface area (Å²) in [5.41, 5.74) is 8.25. The van der Waals surface area contributed by atoms with Crippen molar-refractivity contribution in [3.63, 3.8) is 0 Å². The fraction of sp³-hybridized carbons (Fsp3) is 0.381. The summed E-state index contributed by atoms with van der Waals surface area (Å²) < 4.78 is 3.44. The molecule has 7 nitrogen and oxygen atoms in total. The fourth-order valence-electron chi connectivity index (χ4n) is 4.05.